The lowest BCUT2D eigenvalue weighted by atomic mass is 9.73. The molecule has 16 heavy (non-hydrogen) atoms. The summed E-state index contributed by atoms with van der Waals surface area (Å²) >= 11 is 0. The molecule has 92 valence electrons. The summed E-state index contributed by atoms with van der Waals surface area (Å²) in [6.07, 6.45) is 1.33. The van der Waals surface area contributed by atoms with Crippen molar-refractivity contribution >= 4 is 11.9 Å². The molecule has 1 saturated heterocycles. The molecule has 0 radical (unpaired) electrons. The zero-order valence-electron chi connectivity index (χ0n) is 9.95. The monoisotopic (exact) mass is 230 g/mol. The predicted octanol–water partition coefficient (Wildman–Crippen LogP) is 0.765. The van der Waals surface area contributed by atoms with E-state index in [1.54, 1.807) is 6.92 Å². The molecule has 0 amide bonds. The van der Waals surface area contributed by atoms with Crippen LogP contribution >= 0.6 is 0 Å². The zero-order valence-corrected chi connectivity index (χ0v) is 9.95. The van der Waals surface area contributed by atoms with Crippen molar-refractivity contribution in [2.75, 3.05) is 27.4 Å². The standard InChI is InChI=1S/C11H18O5/c1-11(9(12)14-2,10(13)15-3)8-4-6-16-7-5-8/h8H,4-7H2,1-3H3. The molecule has 1 heterocycles. The third kappa shape index (κ3) is 2.19. The second kappa shape index (κ2) is 5.30. The number of hydrogen-bond donors (Lipinski definition) is 0. The summed E-state index contributed by atoms with van der Waals surface area (Å²) in [7, 11) is 2.56. The average Bonchev–Trinajstić information content (AvgIpc) is 2.36. The van der Waals surface area contributed by atoms with Crippen molar-refractivity contribution in [3.8, 4) is 0 Å². The largest absolute Gasteiger partial charge is 0.468 e. The molecule has 0 bridgehead atoms. The Balaban J connectivity index is 2.92. The van der Waals surface area contributed by atoms with E-state index in [-0.39, 0.29) is 5.92 Å². The van der Waals surface area contributed by atoms with Gasteiger partial charge in [0.15, 0.2) is 5.41 Å². The van der Waals surface area contributed by atoms with Gasteiger partial charge < -0.3 is 14.2 Å². The smallest absolute Gasteiger partial charge is 0.323 e. The molecule has 1 aliphatic heterocycles. The van der Waals surface area contributed by atoms with Crippen molar-refractivity contribution in [1.29, 1.82) is 0 Å². The molecule has 1 rings (SSSR count). The van der Waals surface area contributed by atoms with Crippen molar-refractivity contribution in [2.45, 2.75) is 19.8 Å². The Hall–Kier alpha value is -1.10. The van der Waals surface area contributed by atoms with E-state index in [0.29, 0.717) is 26.1 Å². The average molecular weight is 230 g/mol. The van der Waals surface area contributed by atoms with Crippen LogP contribution in [-0.4, -0.2) is 39.4 Å². The maximum atomic E-state index is 11.8. The molecule has 0 spiro atoms. The molecule has 1 fully saturated rings. The minimum atomic E-state index is -1.21. The summed E-state index contributed by atoms with van der Waals surface area (Å²) in [5, 5.41) is 0. The number of hydrogen-bond acceptors (Lipinski definition) is 5. The summed E-state index contributed by atoms with van der Waals surface area (Å²) < 4.78 is 14.6. The Kier molecular flexibility index (Phi) is 4.29. The van der Waals surface area contributed by atoms with Crippen molar-refractivity contribution in [2.24, 2.45) is 11.3 Å². The lowest BCUT2D eigenvalue weighted by Gasteiger charge is -2.34. The van der Waals surface area contributed by atoms with Gasteiger partial charge in [0.1, 0.15) is 0 Å². The Morgan fingerprint density at radius 1 is 1.12 bits per heavy atom. The van der Waals surface area contributed by atoms with Crippen LogP contribution in [-0.2, 0) is 23.8 Å². The first-order chi connectivity index (χ1) is 7.57. The second-order valence-corrected chi connectivity index (χ2v) is 4.07. The van der Waals surface area contributed by atoms with Crippen LogP contribution in [0.4, 0.5) is 0 Å². The molecular weight excluding hydrogens is 212 g/mol. The summed E-state index contributed by atoms with van der Waals surface area (Å²) in [6.45, 7) is 2.71. The quantitative estimate of drug-likeness (QED) is 0.529. The Bertz CT molecular complexity index is 252. The third-order valence-corrected chi connectivity index (χ3v) is 3.26. The minimum absolute atomic E-state index is 0.0823. The van der Waals surface area contributed by atoms with Crippen molar-refractivity contribution in [3.05, 3.63) is 0 Å². The van der Waals surface area contributed by atoms with Crippen molar-refractivity contribution in [3.63, 3.8) is 0 Å². The summed E-state index contributed by atoms with van der Waals surface area (Å²) in [4.78, 5) is 23.5. The van der Waals surface area contributed by atoms with Gasteiger partial charge in [-0.05, 0) is 25.7 Å². The van der Waals surface area contributed by atoms with E-state index in [2.05, 4.69) is 0 Å². The van der Waals surface area contributed by atoms with Gasteiger partial charge in [0.25, 0.3) is 0 Å². The maximum absolute atomic E-state index is 11.8. The molecule has 0 N–H and O–H groups in total. The van der Waals surface area contributed by atoms with E-state index in [1.807, 2.05) is 0 Å². The molecular formula is C11H18O5. The molecule has 1 aliphatic rings. The highest BCUT2D eigenvalue weighted by molar-refractivity contribution is 5.99. The van der Waals surface area contributed by atoms with Gasteiger partial charge in [0, 0.05) is 13.2 Å². The van der Waals surface area contributed by atoms with Gasteiger partial charge in [-0.3, -0.25) is 9.59 Å². The first-order valence-electron chi connectivity index (χ1n) is 5.32. The van der Waals surface area contributed by atoms with Crippen LogP contribution in [0.15, 0.2) is 0 Å². The molecule has 0 aliphatic carbocycles. The lowest BCUT2D eigenvalue weighted by molar-refractivity contribution is -0.174. The molecule has 5 nitrogen and oxygen atoms in total. The fraction of sp³-hybridized carbons (Fsp3) is 0.818. The number of rotatable bonds is 3. The number of carbonyl (C=O) groups is 2. The van der Waals surface area contributed by atoms with Gasteiger partial charge in [0.05, 0.1) is 14.2 Å². The second-order valence-electron chi connectivity index (χ2n) is 4.07. The highest BCUT2D eigenvalue weighted by Crippen LogP contribution is 2.37. The minimum Gasteiger partial charge on any atom is -0.468 e. The van der Waals surface area contributed by atoms with E-state index in [4.69, 9.17) is 14.2 Å². The van der Waals surface area contributed by atoms with E-state index in [0.717, 1.165) is 0 Å². The highest BCUT2D eigenvalue weighted by atomic mass is 16.5. The van der Waals surface area contributed by atoms with E-state index in [9.17, 15) is 9.59 Å². The van der Waals surface area contributed by atoms with Gasteiger partial charge in [-0.15, -0.1) is 0 Å². The van der Waals surface area contributed by atoms with Crippen LogP contribution in [0.5, 0.6) is 0 Å². The number of esters is 2. The van der Waals surface area contributed by atoms with Gasteiger partial charge in [-0.1, -0.05) is 0 Å². The van der Waals surface area contributed by atoms with Crippen LogP contribution in [0.2, 0.25) is 0 Å². The zero-order chi connectivity index (χ0) is 12.2. The number of ether oxygens (including phenoxy) is 3. The van der Waals surface area contributed by atoms with E-state index < -0.39 is 17.4 Å². The summed E-state index contributed by atoms with van der Waals surface area (Å²) in [6, 6.07) is 0. The lowest BCUT2D eigenvalue weighted by Crippen LogP contribution is -2.46. The van der Waals surface area contributed by atoms with Crippen molar-refractivity contribution < 1.29 is 23.8 Å². The molecule has 0 aromatic carbocycles. The fourth-order valence-corrected chi connectivity index (χ4v) is 2.12. The summed E-state index contributed by atoms with van der Waals surface area (Å²) in [5.41, 5.74) is -1.21. The predicted molar refractivity (Wildman–Crippen MR) is 55.7 cm³/mol. The first-order valence-corrected chi connectivity index (χ1v) is 5.32. The first kappa shape index (κ1) is 13.0. The van der Waals surface area contributed by atoms with Crippen LogP contribution in [0.3, 0.4) is 0 Å². The SMILES string of the molecule is COC(=O)C(C)(C(=O)OC)C1CCOCC1. The molecule has 0 aromatic heterocycles. The van der Waals surface area contributed by atoms with Crippen LogP contribution in [0.25, 0.3) is 0 Å². The molecule has 0 atom stereocenters. The van der Waals surface area contributed by atoms with E-state index >= 15 is 0 Å². The molecule has 0 saturated carbocycles. The van der Waals surface area contributed by atoms with Gasteiger partial charge in [-0.2, -0.15) is 0 Å². The fourth-order valence-electron chi connectivity index (χ4n) is 2.12. The Labute approximate surface area is 95.0 Å². The van der Waals surface area contributed by atoms with E-state index in [1.165, 1.54) is 14.2 Å². The van der Waals surface area contributed by atoms with Gasteiger partial charge >= 0.3 is 11.9 Å². The summed E-state index contributed by atoms with van der Waals surface area (Å²) in [5.74, 6) is -1.15. The Morgan fingerprint density at radius 2 is 1.56 bits per heavy atom. The normalized spacial score (nSPS) is 17.9. The number of carbonyl (C=O) groups excluding carboxylic acids is 2. The molecule has 0 aromatic rings. The van der Waals surface area contributed by atoms with Crippen molar-refractivity contribution in [1.82, 2.24) is 0 Å². The molecule has 5 heteroatoms. The van der Waals surface area contributed by atoms with Crippen LogP contribution in [0, 0.1) is 11.3 Å². The van der Waals surface area contributed by atoms with Crippen LogP contribution in [0.1, 0.15) is 19.8 Å². The molecule has 0 unspecified atom stereocenters. The topological polar surface area (TPSA) is 61.8 Å². The van der Waals surface area contributed by atoms with Crippen LogP contribution < -0.4 is 0 Å². The van der Waals surface area contributed by atoms with Gasteiger partial charge in [0.2, 0.25) is 0 Å². The number of methoxy groups -OCH3 is 2. The Morgan fingerprint density at radius 3 is 1.94 bits per heavy atom. The highest BCUT2D eigenvalue weighted by Gasteiger charge is 2.50. The van der Waals surface area contributed by atoms with Gasteiger partial charge in [-0.25, -0.2) is 0 Å². The third-order valence-electron chi connectivity index (χ3n) is 3.26. The maximum Gasteiger partial charge on any atom is 0.323 e.